The van der Waals surface area contributed by atoms with Crippen LogP contribution in [0.4, 0.5) is 11.4 Å². The number of carbonyl (C=O) groups excluding carboxylic acids is 1. The number of anilines is 2. The molecule has 0 saturated carbocycles. The van der Waals surface area contributed by atoms with E-state index in [2.05, 4.69) is 10.0 Å². The Bertz CT molecular complexity index is 1520. The second-order valence-electron chi connectivity index (χ2n) is 7.37. The summed E-state index contributed by atoms with van der Waals surface area (Å²) in [5, 5.41) is 5.01. The number of sulfonamides is 1. The molecule has 0 radical (unpaired) electrons. The molecule has 7 heteroatoms. The summed E-state index contributed by atoms with van der Waals surface area (Å²) in [4.78, 5) is 12.6. The lowest BCUT2D eigenvalue weighted by atomic mass is 10.0. The molecule has 32 heavy (non-hydrogen) atoms. The van der Waals surface area contributed by atoms with Crippen LogP contribution in [0.5, 0.6) is 0 Å². The number of benzene rings is 4. The maximum Gasteiger partial charge on any atom is 0.261 e. The standard InChI is InChI=1S/C25H17ClN2O3S/c26-22-10-4-2-7-17(22)14-21-20-15-18(12-13-23(20)27-25(21)29)32(30,31)28-24-11-5-8-16-6-1-3-9-19(16)24/h1-15,28H,(H,27,29)/b21-14+. The number of rotatable bonds is 4. The largest absolute Gasteiger partial charge is 0.321 e. The van der Waals surface area contributed by atoms with Gasteiger partial charge in [-0.1, -0.05) is 66.2 Å². The highest BCUT2D eigenvalue weighted by atomic mass is 35.5. The second kappa shape index (κ2) is 7.82. The fourth-order valence-electron chi connectivity index (χ4n) is 3.74. The first-order valence-electron chi connectivity index (χ1n) is 9.85. The monoisotopic (exact) mass is 460 g/mol. The van der Waals surface area contributed by atoms with E-state index in [1.165, 1.54) is 12.1 Å². The Morgan fingerprint density at radius 1 is 0.875 bits per heavy atom. The highest BCUT2D eigenvalue weighted by Crippen LogP contribution is 2.36. The van der Waals surface area contributed by atoms with Crippen LogP contribution in [0, 0.1) is 0 Å². The minimum absolute atomic E-state index is 0.0609. The van der Waals surface area contributed by atoms with Crippen molar-refractivity contribution in [1.29, 1.82) is 0 Å². The molecule has 4 aromatic rings. The van der Waals surface area contributed by atoms with Crippen LogP contribution in [0.3, 0.4) is 0 Å². The Balaban J connectivity index is 1.55. The number of halogens is 1. The molecule has 0 fully saturated rings. The summed E-state index contributed by atoms with van der Waals surface area (Å²) in [7, 11) is -3.89. The molecule has 0 unspecified atom stereocenters. The van der Waals surface area contributed by atoms with E-state index in [1.54, 1.807) is 42.5 Å². The molecule has 1 aliphatic heterocycles. The van der Waals surface area contributed by atoms with Gasteiger partial charge < -0.3 is 5.32 Å². The molecule has 1 heterocycles. The van der Waals surface area contributed by atoms with Crippen LogP contribution in [0.2, 0.25) is 5.02 Å². The van der Waals surface area contributed by atoms with Gasteiger partial charge in [0.2, 0.25) is 0 Å². The molecular weight excluding hydrogens is 444 g/mol. The van der Waals surface area contributed by atoms with Gasteiger partial charge in [-0.3, -0.25) is 9.52 Å². The average Bonchev–Trinajstić information content (AvgIpc) is 3.10. The van der Waals surface area contributed by atoms with Gasteiger partial charge in [-0.25, -0.2) is 8.42 Å². The van der Waals surface area contributed by atoms with Crippen LogP contribution >= 0.6 is 11.6 Å². The molecule has 4 aromatic carbocycles. The molecule has 0 spiro atoms. The first-order chi connectivity index (χ1) is 15.4. The SMILES string of the molecule is O=C1Nc2ccc(S(=O)(=O)Nc3cccc4ccccc34)cc2/C1=C\c1ccccc1Cl. The van der Waals surface area contributed by atoms with Crippen molar-refractivity contribution in [1.82, 2.24) is 0 Å². The lowest BCUT2D eigenvalue weighted by Gasteiger charge is -2.12. The zero-order valence-corrected chi connectivity index (χ0v) is 18.2. The van der Waals surface area contributed by atoms with Crippen LogP contribution in [0.1, 0.15) is 11.1 Å². The van der Waals surface area contributed by atoms with Gasteiger partial charge in [-0.15, -0.1) is 0 Å². The van der Waals surface area contributed by atoms with Crippen LogP contribution in [-0.4, -0.2) is 14.3 Å². The van der Waals surface area contributed by atoms with E-state index in [-0.39, 0.29) is 10.8 Å². The van der Waals surface area contributed by atoms with Gasteiger partial charge in [0, 0.05) is 27.2 Å². The van der Waals surface area contributed by atoms with Crippen LogP contribution in [0.15, 0.2) is 89.8 Å². The van der Waals surface area contributed by atoms with Crippen molar-refractivity contribution in [3.8, 4) is 0 Å². The summed E-state index contributed by atoms with van der Waals surface area (Å²) in [6.07, 6.45) is 1.66. The van der Waals surface area contributed by atoms with Gasteiger partial charge in [0.15, 0.2) is 0 Å². The maximum absolute atomic E-state index is 13.2. The molecule has 2 N–H and O–H groups in total. The second-order valence-corrected chi connectivity index (χ2v) is 9.46. The molecule has 5 rings (SSSR count). The number of fused-ring (bicyclic) bond motifs is 2. The van der Waals surface area contributed by atoms with Crippen molar-refractivity contribution in [2.24, 2.45) is 0 Å². The van der Waals surface area contributed by atoms with Gasteiger partial charge in [0.05, 0.1) is 10.6 Å². The summed E-state index contributed by atoms with van der Waals surface area (Å²) in [6, 6.07) is 24.7. The van der Waals surface area contributed by atoms with E-state index < -0.39 is 10.0 Å². The molecule has 0 aliphatic carbocycles. The Labute approximate surface area is 190 Å². The maximum atomic E-state index is 13.2. The van der Waals surface area contributed by atoms with Crippen molar-refractivity contribution < 1.29 is 13.2 Å². The normalized spacial score (nSPS) is 14.4. The van der Waals surface area contributed by atoms with E-state index in [4.69, 9.17) is 11.6 Å². The predicted octanol–water partition coefficient (Wildman–Crippen LogP) is 5.79. The summed E-state index contributed by atoms with van der Waals surface area (Å²) in [5.41, 5.74) is 2.59. The number of carbonyl (C=O) groups is 1. The first kappa shape index (κ1) is 20.3. The Hall–Kier alpha value is -3.61. The van der Waals surface area contributed by atoms with E-state index in [1.807, 2.05) is 36.4 Å². The summed E-state index contributed by atoms with van der Waals surface area (Å²) in [5.74, 6) is -0.309. The Morgan fingerprint density at radius 2 is 1.62 bits per heavy atom. The van der Waals surface area contributed by atoms with Gasteiger partial charge in [0.25, 0.3) is 15.9 Å². The predicted molar refractivity (Wildman–Crippen MR) is 129 cm³/mol. The topological polar surface area (TPSA) is 75.3 Å². The molecule has 5 nitrogen and oxygen atoms in total. The average molecular weight is 461 g/mol. The lowest BCUT2D eigenvalue weighted by molar-refractivity contribution is -0.110. The van der Waals surface area contributed by atoms with Gasteiger partial charge in [-0.2, -0.15) is 0 Å². The first-order valence-corrected chi connectivity index (χ1v) is 11.7. The Kier molecular flexibility index (Phi) is 4.96. The molecule has 0 atom stereocenters. The van der Waals surface area contributed by atoms with Crippen molar-refractivity contribution in [3.05, 3.63) is 101 Å². The molecule has 158 valence electrons. The molecule has 0 bridgehead atoms. The highest BCUT2D eigenvalue weighted by Gasteiger charge is 2.27. The van der Waals surface area contributed by atoms with E-state index in [0.29, 0.717) is 33.1 Å². The van der Waals surface area contributed by atoms with Crippen molar-refractivity contribution in [2.45, 2.75) is 4.90 Å². The third-order valence-electron chi connectivity index (χ3n) is 5.32. The van der Waals surface area contributed by atoms with Crippen LogP contribution in [-0.2, 0) is 14.8 Å². The summed E-state index contributed by atoms with van der Waals surface area (Å²) in [6.45, 7) is 0. The minimum atomic E-state index is -3.89. The van der Waals surface area contributed by atoms with Crippen LogP contribution < -0.4 is 10.0 Å². The third kappa shape index (κ3) is 3.64. The third-order valence-corrected chi connectivity index (χ3v) is 7.03. The van der Waals surface area contributed by atoms with E-state index in [9.17, 15) is 13.2 Å². The zero-order valence-electron chi connectivity index (χ0n) is 16.7. The molecule has 0 aromatic heterocycles. The van der Waals surface area contributed by atoms with E-state index in [0.717, 1.165) is 10.8 Å². The van der Waals surface area contributed by atoms with E-state index >= 15 is 0 Å². The smallest absolute Gasteiger partial charge is 0.261 e. The fraction of sp³-hybridized carbons (Fsp3) is 0. The van der Waals surface area contributed by atoms with Gasteiger partial charge in [-0.05, 0) is 47.4 Å². The highest BCUT2D eigenvalue weighted by molar-refractivity contribution is 7.92. The minimum Gasteiger partial charge on any atom is -0.321 e. The van der Waals surface area contributed by atoms with Crippen molar-refractivity contribution in [2.75, 3.05) is 10.0 Å². The van der Waals surface area contributed by atoms with Gasteiger partial charge in [0.1, 0.15) is 0 Å². The number of hydrogen-bond acceptors (Lipinski definition) is 3. The molecular formula is C25H17ClN2O3S. The lowest BCUT2D eigenvalue weighted by Crippen LogP contribution is -2.13. The number of hydrogen-bond donors (Lipinski definition) is 2. The number of amides is 1. The van der Waals surface area contributed by atoms with Gasteiger partial charge >= 0.3 is 0 Å². The van der Waals surface area contributed by atoms with Crippen molar-refractivity contribution in [3.63, 3.8) is 0 Å². The quantitative estimate of drug-likeness (QED) is 0.379. The fourth-order valence-corrected chi connectivity index (χ4v) is 5.04. The summed E-state index contributed by atoms with van der Waals surface area (Å²) >= 11 is 6.24. The summed E-state index contributed by atoms with van der Waals surface area (Å²) < 4.78 is 29.1. The molecule has 1 aliphatic rings. The Morgan fingerprint density at radius 3 is 2.47 bits per heavy atom. The van der Waals surface area contributed by atoms with Crippen molar-refractivity contribution >= 4 is 61.3 Å². The molecule has 0 saturated heterocycles. The van der Waals surface area contributed by atoms with Crippen LogP contribution in [0.25, 0.3) is 22.4 Å². The number of nitrogens with one attached hydrogen (secondary N) is 2. The zero-order chi connectivity index (χ0) is 22.3. The molecule has 1 amide bonds.